The van der Waals surface area contributed by atoms with Crippen LogP contribution in [-0.2, 0) is 20.0 Å². The van der Waals surface area contributed by atoms with Gasteiger partial charge in [-0.25, -0.2) is 4.39 Å². The van der Waals surface area contributed by atoms with Crippen LogP contribution in [0.2, 0.25) is 0 Å². The number of amides is 1. The number of rotatable bonds is 5. The molecule has 0 fully saturated rings. The van der Waals surface area contributed by atoms with Crippen LogP contribution in [0, 0.1) is 5.82 Å². The summed E-state index contributed by atoms with van der Waals surface area (Å²) in [5, 5.41) is 4.22. The molecule has 3 aromatic rings. The van der Waals surface area contributed by atoms with Crippen LogP contribution < -0.4 is 0 Å². The fourth-order valence-corrected chi connectivity index (χ4v) is 3.87. The molecular formula is C22H22FN3O. The van der Waals surface area contributed by atoms with Gasteiger partial charge in [0.05, 0.1) is 5.69 Å². The maximum atomic E-state index is 13.5. The number of aromatic nitrogens is 2. The van der Waals surface area contributed by atoms with E-state index >= 15 is 0 Å². The lowest BCUT2D eigenvalue weighted by Crippen LogP contribution is -2.36. The number of fused-ring (bicyclic) bond motifs is 1. The molecule has 0 saturated carbocycles. The first-order chi connectivity index (χ1) is 13.1. The van der Waals surface area contributed by atoms with E-state index in [1.165, 1.54) is 6.07 Å². The van der Waals surface area contributed by atoms with Gasteiger partial charge in [-0.05, 0) is 54.3 Å². The van der Waals surface area contributed by atoms with Crippen LogP contribution in [0.5, 0.6) is 0 Å². The minimum Gasteiger partial charge on any atom is -0.331 e. The van der Waals surface area contributed by atoms with E-state index < -0.39 is 0 Å². The van der Waals surface area contributed by atoms with Crippen molar-refractivity contribution in [1.82, 2.24) is 14.7 Å². The van der Waals surface area contributed by atoms with Gasteiger partial charge in [-0.3, -0.25) is 9.48 Å². The highest BCUT2D eigenvalue weighted by molar-refractivity contribution is 5.99. The Kier molecular flexibility index (Phi) is 4.52. The zero-order chi connectivity index (χ0) is 19.0. The fraction of sp³-hybridized carbons (Fsp3) is 0.273. The number of carbonyl (C=O) groups excluding carboxylic acids is 1. The summed E-state index contributed by atoms with van der Waals surface area (Å²) in [5.41, 5.74) is 4.80. The zero-order valence-electron chi connectivity index (χ0n) is 15.5. The number of aryl methyl sites for hydroxylation is 1. The standard InChI is InChI=1S/C22H22FN3O/c1-3-19(12-15-5-4-6-18(23)11-15)26-14-17-13-16(7-8-20(17)22(26)27)21-9-10-24-25(21)2/h4-11,13,19H,3,12,14H2,1-2H3/t19-/m1/s1. The third kappa shape index (κ3) is 3.25. The number of carbonyl (C=O) groups is 1. The maximum Gasteiger partial charge on any atom is 0.254 e. The normalized spacial score (nSPS) is 14.5. The molecule has 2 aromatic carbocycles. The van der Waals surface area contributed by atoms with E-state index in [1.54, 1.807) is 18.3 Å². The molecule has 1 aliphatic rings. The zero-order valence-corrected chi connectivity index (χ0v) is 15.5. The van der Waals surface area contributed by atoms with Crippen LogP contribution in [0.3, 0.4) is 0 Å². The van der Waals surface area contributed by atoms with Crippen LogP contribution in [0.25, 0.3) is 11.3 Å². The van der Waals surface area contributed by atoms with Crippen LogP contribution in [0.4, 0.5) is 4.39 Å². The predicted molar refractivity (Wildman–Crippen MR) is 103 cm³/mol. The summed E-state index contributed by atoms with van der Waals surface area (Å²) in [5.74, 6) is -0.177. The highest BCUT2D eigenvalue weighted by atomic mass is 19.1. The van der Waals surface area contributed by atoms with Crippen LogP contribution >= 0.6 is 0 Å². The average molecular weight is 363 g/mol. The molecule has 0 spiro atoms. The minimum atomic E-state index is -0.237. The van der Waals surface area contributed by atoms with Gasteiger partial charge in [0.1, 0.15) is 5.82 Å². The topological polar surface area (TPSA) is 38.1 Å². The molecular weight excluding hydrogens is 341 g/mol. The Labute approximate surface area is 158 Å². The number of hydrogen-bond donors (Lipinski definition) is 0. The van der Waals surface area contributed by atoms with Crippen molar-refractivity contribution in [3.05, 3.63) is 77.2 Å². The second kappa shape index (κ2) is 6.99. The van der Waals surface area contributed by atoms with E-state index in [9.17, 15) is 9.18 Å². The van der Waals surface area contributed by atoms with Gasteiger partial charge in [0.15, 0.2) is 0 Å². The van der Waals surface area contributed by atoms with Crippen LogP contribution in [0.15, 0.2) is 54.7 Å². The molecule has 0 radical (unpaired) electrons. The highest BCUT2D eigenvalue weighted by Gasteiger charge is 2.32. The molecule has 1 aliphatic heterocycles. The first-order valence-electron chi connectivity index (χ1n) is 9.23. The number of hydrogen-bond acceptors (Lipinski definition) is 2. The van der Waals surface area contributed by atoms with E-state index in [0.29, 0.717) is 13.0 Å². The van der Waals surface area contributed by atoms with Crippen molar-refractivity contribution in [2.24, 2.45) is 7.05 Å². The monoisotopic (exact) mass is 363 g/mol. The van der Waals surface area contributed by atoms with Gasteiger partial charge < -0.3 is 4.90 Å². The second-order valence-electron chi connectivity index (χ2n) is 7.04. The Morgan fingerprint density at radius 1 is 1.19 bits per heavy atom. The molecule has 0 unspecified atom stereocenters. The van der Waals surface area contributed by atoms with Crippen LogP contribution in [-0.4, -0.2) is 26.6 Å². The van der Waals surface area contributed by atoms with Gasteiger partial charge in [0.2, 0.25) is 0 Å². The third-order valence-electron chi connectivity index (χ3n) is 5.33. The largest absolute Gasteiger partial charge is 0.331 e. The summed E-state index contributed by atoms with van der Waals surface area (Å²) in [7, 11) is 1.91. The summed E-state index contributed by atoms with van der Waals surface area (Å²) in [4.78, 5) is 14.9. The molecule has 0 aliphatic carbocycles. The Hall–Kier alpha value is -2.95. The number of halogens is 1. The van der Waals surface area contributed by atoms with E-state index in [0.717, 1.165) is 34.4 Å². The molecule has 1 amide bonds. The van der Waals surface area contributed by atoms with Gasteiger partial charge in [0, 0.05) is 37.0 Å². The minimum absolute atomic E-state index is 0.0480. The average Bonchev–Trinajstić information content (AvgIpc) is 3.23. The van der Waals surface area contributed by atoms with Crippen molar-refractivity contribution in [2.45, 2.75) is 32.4 Å². The van der Waals surface area contributed by atoms with E-state index in [2.05, 4.69) is 18.1 Å². The number of nitrogens with zero attached hydrogens (tertiary/aromatic N) is 3. The van der Waals surface area contributed by atoms with Crippen molar-refractivity contribution in [2.75, 3.05) is 0 Å². The summed E-state index contributed by atoms with van der Waals surface area (Å²) in [6.07, 6.45) is 3.25. The fourth-order valence-electron chi connectivity index (χ4n) is 3.87. The first-order valence-corrected chi connectivity index (χ1v) is 9.23. The summed E-state index contributed by atoms with van der Waals surface area (Å²) >= 11 is 0. The summed E-state index contributed by atoms with van der Waals surface area (Å²) < 4.78 is 15.3. The highest BCUT2D eigenvalue weighted by Crippen LogP contribution is 2.30. The molecule has 138 valence electrons. The van der Waals surface area contributed by atoms with Gasteiger partial charge in [0.25, 0.3) is 5.91 Å². The Balaban J connectivity index is 1.59. The SMILES string of the molecule is CC[C@H](Cc1cccc(F)c1)N1Cc2cc(-c3ccnn3C)ccc2C1=O. The molecule has 0 N–H and O–H groups in total. The van der Waals surface area contributed by atoms with Crippen molar-refractivity contribution in [3.63, 3.8) is 0 Å². The molecule has 5 heteroatoms. The van der Waals surface area contributed by atoms with Gasteiger partial charge in [-0.15, -0.1) is 0 Å². The van der Waals surface area contributed by atoms with Crippen molar-refractivity contribution >= 4 is 5.91 Å². The lowest BCUT2D eigenvalue weighted by atomic mass is 10.0. The molecule has 2 heterocycles. The smallest absolute Gasteiger partial charge is 0.254 e. The van der Waals surface area contributed by atoms with E-state index in [1.807, 2.05) is 40.9 Å². The molecule has 0 bridgehead atoms. The Morgan fingerprint density at radius 3 is 2.74 bits per heavy atom. The molecule has 1 aromatic heterocycles. The summed E-state index contributed by atoms with van der Waals surface area (Å²) in [6.45, 7) is 2.66. The predicted octanol–water partition coefficient (Wildman–Crippen LogP) is 4.20. The van der Waals surface area contributed by atoms with Gasteiger partial charge in [-0.1, -0.05) is 25.1 Å². The number of benzene rings is 2. The molecule has 0 saturated heterocycles. The van der Waals surface area contributed by atoms with Crippen LogP contribution in [0.1, 0.15) is 34.8 Å². The molecule has 4 rings (SSSR count). The maximum absolute atomic E-state index is 13.5. The third-order valence-corrected chi connectivity index (χ3v) is 5.33. The lowest BCUT2D eigenvalue weighted by molar-refractivity contribution is 0.0697. The first kappa shape index (κ1) is 17.5. The van der Waals surface area contributed by atoms with Crippen molar-refractivity contribution in [1.29, 1.82) is 0 Å². The van der Waals surface area contributed by atoms with E-state index in [-0.39, 0.29) is 17.8 Å². The summed E-state index contributed by atoms with van der Waals surface area (Å²) in [6, 6.07) is 14.6. The van der Waals surface area contributed by atoms with Gasteiger partial charge in [-0.2, -0.15) is 5.10 Å². The molecule has 1 atom stereocenters. The lowest BCUT2D eigenvalue weighted by Gasteiger charge is -2.27. The molecule has 27 heavy (non-hydrogen) atoms. The van der Waals surface area contributed by atoms with Crippen molar-refractivity contribution in [3.8, 4) is 11.3 Å². The Bertz CT molecular complexity index is 995. The van der Waals surface area contributed by atoms with Gasteiger partial charge >= 0.3 is 0 Å². The van der Waals surface area contributed by atoms with Crippen molar-refractivity contribution < 1.29 is 9.18 Å². The quantitative estimate of drug-likeness (QED) is 0.681. The molecule has 4 nitrogen and oxygen atoms in total. The van der Waals surface area contributed by atoms with E-state index in [4.69, 9.17) is 0 Å². The second-order valence-corrected chi connectivity index (χ2v) is 7.04. The Morgan fingerprint density at radius 2 is 2.04 bits per heavy atom.